The van der Waals surface area contributed by atoms with Gasteiger partial charge in [0.1, 0.15) is 4.90 Å². The van der Waals surface area contributed by atoms with Crippen LogP contribution in [0.4, 0.5) is 0 Å². The van der Waals surface area contributed by atoms with E-state index in [0.29, 0.717) is 19.6 Å². The number of hydrogen-bond acceptors (Lipinski definition) is 4. The van der Waals surface area contributed by atoms with Gasteiger partial charge >= 0.3 is 0 Å². The first kappa shape index (κ1) is 18.4. The van der Waals surface area contributed by atoms with E-state index in [2.05, 4.69) is 28.8 Å². The summed E-state index contributed by atoms with van der Waals surface area (Å²) in [6.07, 6.45) is 0. The number of hydrogen-bond donors (Lipinski definition) is 2. The van der Waals surface area contributed by atoms with Gasteiger partial charge in [-0.15, -0.1) is 0 Å². The first-order valence-electron chi connectivity index (χ1n) is 7.09. The zero-order valence-electron chi connectivity index (χ0n) is 12.8. The van der Waals surface area contributed by atoms with Crippen LogP contribution in [0.2, 0.25) is 5.02 Å². The Balaban J connectivity index is 2.80. The highest BCUT2D eigenvalue weighted by Crippen LogP contribution is 2.22. The first-order valence-corrected chi connectivity index (χ1v) is 8.95. The van der Waals surface area contributed by atoms with Crippen LogP contribution in [0.3, 0.4) is 0 Å². The maximum Gasteiger partial charge on any atom is 0.242 e. The van der Waals surface area contributed by atoms with Crippen LogP contribution in [0, 0.1) is 0 Å². The van der Waals surface area contributed by atoms with E-state index in [4.69, 9.17) is 11.6 Å². The Morgan fingerprint density at radius 3 is 2.48 bits per heavy atom. The fraction of sp³-hybridized carbons (Fsp3) is 0.571. The molecule has 21 heavy (non-hydrogen) atoms. The van der Waals surface area contributed by atoms with E-state index in [-0.39, 0.29) is 9.92 Å². The summed E-state index contributed by atoms with van der Waals surface area (Å²) in [6.45, 7) is 7.55. The summed E-state index contributed by atoms with van der Waals surface area (Å²) in [5.74, 6) is 0. The van der Waals surface area contributed by atoms with Crippen molar-refractivity contribution in [2.45, 2.75) is 25.3 Å². The van der Waals surface area contributed by atoms with E-state index < -0.39 is 10.0 Å². The Morgan fingerprint density at radius 1 is 1.24 bits per heavy atom. The van der Waals surface area contributed by atoms with E-state index in [9.17, 15) is 8.42 Å². The molecule has 0 amide bonds. The molecule has 1 rings (SSSR count). The molecule has 2 N–H and O–H groups in total. The molecule has 0 heterocycles. The minimum absolute atomic E-state index is 0.136. The molecule has 0 spiro atoms. The molecule has 0 aliphatic heterocycles. The van der Waals surface area contributed by atoms with Crippen molar-refractivity contribution in [3.63, 3.8) is 0 Å². The van der Waals surface area contributed by atoms with E-state index in [0.717, 1.165) is 18.7 Å². The van der Waals surface area contributed by atoms with Gasteiger partial charge in [0.25, 0.3) is 0 Å². The molecule has 0 saturated heterocycles. The third-order valence-corrected chi connectivity index (χ3v) is 5.22. The van der Waals surface area contributed by atoms with Gasteiger partial charge in [-0.25, -0.2) is 13.1 Å². The van der Waals surface area contributed by atoms with Crippen LogP contribution < -0.4 is 10.0 Å². The quantitative estimate of drug-likeness (QED) is 0.722. The van der Waals surface area contributed by atoms with Crippen molar-refractivity contribution in [3.8, 4) is 0 Å². The van der Waals surface area contributed by atoms with E-state index in [1.54, 1.807) is 12.1 Å². The number of nitrogens with one attached hydrogen (secondary N) is 2. The Bertz CT molecular complexity index is 545. The average Bonchev–Trinajstić information content (AvgIpc) is 2.45. The predicted molar refractivity (Wildman–Crippen MR) is 87.2 cm³/mol. The second-order valence-corrected chi connectivity index (χ2v) is 6.86. The van der Waals surface area contributed by atoms with Gasteiger partial charge in [-0.3, -0.25) is 0 Å². The van der Waals surface area contributed by atoms with Gasteiger partial charge in [-0.1, -0.05) is 31.5 Å². The fourth-order valence-electron chi connectivity index (χ4n) is 2.02. The largest absolute Gasteiger partial charge is 0.316 e. The molecule has 5 nitrogen and oxygen atoms in total. The molecule has 0 unspecified atom stereocenters. The Morgan fingerprint density at radius 2 is 1.90 bits per heavy atom. The van der Waals surface area contributed by atoms with Crippen LogP contribution >= 0.6 is 11.6 Å². The standard InChI is InChI=1S/C14H24ClN3O2S/c1-4-18(5-2)9-8-17-21(19,20)14-10-12(11-16-3)6-7-13(14)15/h6-7,10,16-17H,4-5,8-9,11H2,1-3H3. The van der Waals surface area contributed by atoms with Crippen LogP contribution in [0.25, 0.3) is 0 Å². The van der Waals surface area contributed by atoms with Crippen LogP contribution in [-0.4, -0.2) is 46.5 Å². The van der Waals surface area contributed by atoms with Crippen molar-refractivity contribution in [1.82, 2.24) is 14.9 Å². The molecule has 1 aromatic rings. The third kappa shape index (κ3) is 5.56. The van der Waals surface area contributed by atoms with Crippen LogP contribution in [0.5, 0.6) is 0 Å². The summed E-state index contributed by atoms with van der Waals surface area (Å²) in [7, 11) is -1.77. The topological polar surface area (TPSA) is 61.4 Å². The van der Waals surface area contributed by atoms with E-state index in [1.165, 1.54) is 0 Å². The maximum atomic E-state index is 12.3. The number of rotatable bonds is 9. The summed E-state index contributed by atoms with van der Waals surface area (Å²) in [6, 6.07) is 5.04. The number of nitrogens with zero attached hydrogens (tertiary/aromatic N) is 1. The van der Waals surface area contributed by atoms with Gasteiger partial charge in [0, 0.05) is 19.6 Å². The van der Waals surface area contributed by atoms with Gasteiger partial charge < -0.3 is 10.2 Å². The van der Waals surface area contributed by atoms with Crippen LogP contribution in [0.1, 0.15) is 19.4 Å². The highest BCUT2D eigenvalue weighted by atomic mass is 35.5. The van der Waals surface area contributed by atoms with Gasteiger partial charge in [-0.2, -0.15) is 0 Å². The Labute approximate surface area is 132 Å². The Hall–Kier alpha value is -0.660. The molecule has 0 atom stereocenters. The number of halogens is 1. The van der Waals surface area contributed by atoms with Gasteiger partial charge in [0.05, 0.1) is 5.02 Å². The summed E-state index contributed by atoms with van der Waals surface area (Å²) in [5.41, 5.74) is 0.881. The molecule has 7 heteroatoms. The van der Waals surface area contributed by atoms with E-state index in [1.807, 2.05) is 13.1 Å². The fourth-order valence-corrected chi connectivity index (χ4v) is 3.59. The molecule has 1 aromatic carbocycles. The van der Waals surface area contributed by atoms with Crippen molar-refractivity contribution < 1.29 is 8.42 Å². The lowest BCUT2D eigenvalue weighted by molar-refractivity contribution is 0.309. The first-order chi connectivity index (χ1) is 9.94. The van der Waals surface area contributed by atoms with Crippen molar-refractivity contribution in [1.29, 1.82) is 0 Å². The molecule has 0 aromatic heterocycles. The average molecular weight is 334 g/mol. The lowest BCUT2D eigenvalue weighted by Gasteiger charge is -2.18. The van der Waals surface area contributed by atoms with Crippen molar-refractivity contribution in [2.24, 2.45) is 0 Å². The van der Waals surface area contributed by atoms with Crippen molar-refractivity contribution in [2.75, 3.05) is 33.2 Å². The van der Waals surface area contributed by atoms with Gasteiger partial charge in [0.2, 0.25) is 10.0 Å². The van der Waals surface area contributed by atoms with Crippen molar-refractivity contribution in [3.05, 3.63) is 28.8 Å². The zero-order chi connectivity index (χ0) is 15.9. The minimum atomic E-state index is -3.58. The second kappa shape index (κ2) is 8.70. The Kier molecular flexibility index (Phi) is 7.62. The minimum Gasteiger partial charge on any atom is -0.316 e. The summed E-state index contributed by atoms with van der Waals surface area (Å²) in [4.78, 5) is 2.29. The third-order valence-electron chi connectivity index (χ3n) is 3.28. The monoisotopic (exact) mass is 333 g/mol. The lowest BCUT2D eigenvalue weighted by atomic mass is 10.2. The zero-order valence-corrected chi connectivity index (χ0v) is 14.4. The highest BCUT2D eigenvalue weighted by Gasteiger charge is 2.18. The molecule has 0 aliphatic rings. The van der Waals surface area contributed by atoms with Gasteiger partial charge in [0.15, 0.2) is 0 Å². The van der Waals surface area contributed by atoms with Crippen LogP contribution in [-0.2, 0) is 16.6 Å². The summed E-state index contributed by atoms with van der Waals surface area (Å²) in [5, 5.41) is 3.23. The highest BCUT2D eigenvalue weighted by molar-refractivity contribution is 7.89. The molecular weight excluding hydrogens is 310 g/mol. The van der Waals surface area contributed by atoms with E-state index >= 15 is 0 Å². The normalized spacial score (nSPS) is 12.0. The molecule has 0 fully saturated rings. The smallest absolute Gasteiger partial charge is 0.242 e. The molecule has 0 bridgehead atoms. The lowest BCUT2D eigenvalue weighted by Crippen LogP contribution is -2.34. The van der Waals surface area contributed by atoms with Crippen LogP contribution in [0.15, 0.2) is 23.1 Å². The summed E-state index contributed by atoms with van der Waals surface area (Å²) < 4.78 is 27.3. The number of sulfonamides is 1. The second-order valence-electron chi connectivity index (χ2n) is 4.72. The predicted octanol–water partition coefficient (Wildman–Crippen LogP) is 1.68. The molecular formula is C14H24ClN3O2S. The van der Waals surface area contributed by atoms with Crippen molar-refractivity contribution >= 4 is 21.6 Å². The molecule has 0 radical (unpaired) electrons. The molecule has 120 valence electrons. The summed E-state index contributed by atoms with van der Waals surface area (Å²) >= 11 is 6.03. The number of benzene rings is 1. The molecule has 0 aliphatic carbocycles. The maximum absolute atomic E-state index is 12.3. The van der Waals surface area contributed by atoms with Gasteiger partial charge in [-0.05, 0) is 37.8 Å². The molecule has 0 saturated carbocycles. The SMILES string of the molecule is CCN(CC)CCNS(=O)(=O)c1cc(CNC)ccc1Cl. The number of likely N-dealkylation sites (N-methyl/N-ethyl adjacent to an activating group) is 1.